The van der Waals surface area contributed by atoms with Gasteiger partial charge in [0.05, 0.1) is 6.54 Å². The third kappa shape index (κ3) is 3.38. The molecule has 1 aliphatic heterocycles. The Bertz CT molecular complexity index is 142. The summed E-state index contributed by atoms with van der Waals surface area (Å²) in [5.41, 5.74) is 0. The third-order valence-corrected chi connectivity index (χ3v) is 1.75. The molecule has 72 valence electrons. The molecule has 1 saturated heterocycles. The van der Waals surface area contributed by atoms with Crippen LogP contribution in [0.25, 0.3) is 0 Å². The summed E-state index contributed by atoms with van der Waals surface area (Å²) in [5.74, 6) is 0. The lowest BCUT2D eigenvalue weighted by Gasteiger charge is -2.31. The maximum atomic E-state index is 11.8. The van der Waals surface area contributed by atoms with Crippen molar-refractivity contribution in [1.82, 2.24) is 9.96 Å². The van der Waals surface area contributed by atoms with Gasteiger partial charge in [0.15, 0.2) is 0 Å². The summed E-state index contributed by atoms with van der Waals surface area (Å²) in [6.45, 7) is 0.249. The number of piperazine rings is 1. The molecular formula is C6H11F3N2O. The molecule has 0 saturated carbocycles. The molecule has 3 nitrogen and oxygen atoms in total. The lowest BCUT2D eigenvalue weighted by Crippen LogP contribution is -2.47. The fourth-order valence-corrected chi connectivity index (χ4v) is 1.15. The Morgan fingerprint density at radius 1 is 1.08 bits per heavy atom. The second kappa shape index (κ2) is 3.59. The van der Waals surface area contributed by atoms with Gasteiger partial charge >= 0.3 is 6.18 Å². The first-order valence-electron chi connectivity index (χ1n) is 3.70. The van der Waals surface area contributed by atoms with Crippen LogP contribution in [0, 0.1) is 0 Å². The van der Waals surface area contributed by atoms with Crippen LogP contribution in [0.5, 0.6) is 0 Å². The maximum Gasteiger partial charge on any atom is 0.401 e. The Kier molecular flexibility index (Phi) is 2.92. The van der Waals surface area contributed by atoms with Crippen molar-refractivity contribution in [3.05, 3.63) is 0 Å². The monoisotopic (exact) mass is 184 g/mol. The third-order valence-electron chi connectivity index (χ3n) is 1.75. The van der Waals surface area contributed by atoms with Gasteiger partial charge in [0.25, 0.3) is 0 Å². The van der Waals surface area contributed by atoms with Crippen molar-refractivity contribution in [2.75, 3.05) is 32.7 Å². The van der Waals surface area contributed by atoms with E-state index in [0.29, 0.717) is 0 Å². The van der Waals surface area contributed by atoms with Gasteiger partial charge in [-0.05, 0) is 0 Å². The molecular weight excluding hydrogens is 173 g/mol. The SMILES string of the molecule is ON1CCN(CC(F)(F)F)CC1. The average Bonchev–Trinajstić information content (AvgIpc) is 1.91. The molecule has 1 rings (SSSR count). The largest absolute Gasteiger partial charge is 0.401 e. The van der Waals surface area contributed by atoms with Crippen LogP contribution in [0.4, 0.5) is 13.2 Å². The average molecular weight is 184 g/mol. The minimum absolute atomic E-state index is 0.274. The molecule has 0 bridgehead atoms. The smallest absolute Gasteiger partial charge is 0.314 e. The standard InChI is InChI=1S/C6H11F3N2O/c7-6(8,9)5-10-1-3-11(12)4-2-10/h12H,1-5H2. The zero-order chi connectivity index (χ0) is 9.19. The Morgan fingerprint density at radius 2 is 1.58 bits per heavy atom. The van der Waals surface area contributed by atoms with E-state index in [1.807, 2.05) is 0 Å². The van der Waals surface area contributed by atoms with Crippen LogP contribution in [0.2, 0.25) is 0 Å². The Balaban J connectivity index is 2.26. The van der Waals surface area contributed by atoms with E-state index in [1.54, 1.807) is 0 Å². The molecule has 0 spiro atoms. The summed E-state index contributed by atoms with van der Waals surface area (Å²) in [4.78, 5) is 1.28. The second-order valence-electron chi connectivity index (χ2n) is 2.84. The predicted molar refractivity (Wildman–Crippen MR) is 35.9 cm³/mol. The molecule has 1 aliphatic rings. The highest BCUT2D eigenvalue weighted by Gasteiger charge is 2.31. The number of hydrogen-bond donors (Lipinski definition) is 1. The summed E-state index contributed by atoms with van der Waals surface area (Å²) in [6.07, 6.45) is -4.13. The minimum atomic E-state index is -4.13. The fraction of sp³-hybridized carbons (Fsp3) is 1.00. The van der Waals surface area contributed by atoms with E-state index in [9.17, 15) is 13.2 Å². The zero-order valence-corrected chi connectivity index (χ0v) is 6.51. The molecule has 0 aromatic rings. The van der Waals surface area contributed by atoms with Gasteiger partial charge in [-0.25, -0.2) is 0 Å². The molecule has 1 heterocycles. The van der Waals surface area contributed by atoms with Gasteiger partial charge in [0.2, 0.25) is 0 Å². The molecule has 0 atom stereocenters. The van der Waals surface area contributed by atoms with Crippen LogP contribution in [-0.2, 0) is 0 Å². The first-order valence-corrected chi connectivity index (χ1v) is 3.70. The van der Waals surface area contributed by atoms with E-state index >= 15 is 0 Å². The normalized spacial score (nSPS) is 23.0. The van der Waals surface area contributed by atoms with Crippen molar-refractivity contribution in [2.24, 2.45) is 0 Å². The van der Waals surface area contributed by atoms with Crippen molar-refractivity contribution in [3.8, 4) is 0 Å². The summed E-state index contributed by atoms with van der Waals surface area (Å²) in [7, 11) is 0. The van der Waals surface area contributed by atoms with Gasteiger partial charge in [-0.1, -0.05) is 0 Å². The van der Waals surface area contributed by atoms with Crippen LogP contribution in [-0.4, -0.2) is 54.1 Å². The lowest BCUT2D eigenvalue weighted by atomic mass is 10.3. The van der Waals surface area contributed by atoms with Crippen LogP contribution < -0.4 is 0 Å². The Morgan fingerprint density at radius 3 is 2.00 bits per heavy atom. The number of alkyl halides is 3. The predicted octanol–water partition coefficient (Wildman–Crippen LogP) is 0.556. The first kappa shape index (κ1) is 9.76. The van der Waals surface area contributed by atoms with Crippen LogP contribution in [0.15, 0.2) is 0 Å². The molecule has 0 aromatic heterocycles. The highest BCUT2D eigenvalue weighted by Crippen LogP contribution is 2.16. The molecule has 0 amide bonds. The maximum absolute atomic E-state index is 11.8. The van der Waals surface area contributed by atoms with Gasteiger partial charge < -0.3 is 5.21 Å². The number of hydrogen-bond acceptors (Lipinski definition) is 3. The van der Waals surface area contributed by atoms with Crippen molar-refractivity contribution in [3.63, 3.8) is 0 Å². The van der Waals surface area contributed by atoms with E-state index in [0.717, 1.165) is 5.06 Å². The van der Waals surface area contributed by atoms with E-state index in [1.165, 1.54) is 4.90 Å². The summed E-state index contributed by atoms with van der Waals surface area (Å²) < 4.78 is 35.5. The zero-order valence-electron chi connectivity index (χ0n) is 6.51. The minimum Gasteiger partial charge on any atom is -0.314 e. The Labute approximate surface area is 68.3 Å². The Hall–Kier alpha value is -0.330. The molecule has 0 radical (unpaired) electrons. The topological polar surface area (TPSA) is 26.7 Å². The molecule has 1 fully saturated rings. The van der Waals surface area contributed by atoms with E-state index in [-0.39, 0.29) is 26.2 Å². The highest BCUT2D eigenvalue weighted by molar-refractivity contribution is 4.69. The van der Waals surface area contributed by atoms with E-state index in [2.05, 4.69) is 0 Å². The van der Waals surface area contributed by atoms with Gasteiger partial charge in [-0.15, -0.1) is 0 Å². The highest BCUT2D eigenvalue weighted by atomic mass is 19.4. The summed E-state index contributed by atoms with van der Waals surface area (Å²) in [6, 6.07) is 0. The molecule has 0 unspecified atom stereocenters. The molecule has 0 aliphatic carbocycles. The van der Waals surface area contributed by atoms with Crippen molar-refractivity contribution >= 4 is 0 Å². The molecule has 6 heteroatoms. The van der Waals surface area contributed by atoms with Gasteiger partial charge in [0, 0.05) is 26.2 Å². The van der Waals surface area contributed by atoms with E-state index < -0.39 is 12.7 Å². The lowest BCUT2D eigenvalue weighted by molar-refractivity contribution is -0.167. The van der Waals surface area contributed by atoms with E-state index in [4.69, 9.17) is 5.21 Å². The van der Waals surface area contributed by atoms with Crippen molar-refractivity contribution in [2.45, 2.75) is 6.18 Å². The summed E-state index contributed by atoms with van der Waals surface area (Å²) >= 11 is 0. The number of halogens is 3. The number of rotatable bonds is 1. The van der Waals surface area contributed by atoms with Gasteiger partial charge in [0.1, 0.15) is 0 Å². The molecule has 1 N–H and O–H groups in total. The van der Waals surface area contributed by atoms with Gasteiger partial charge in [-0.3, -0.25) is 4.90 Å². The van der Waals surface area contributed by atoms with Crippen LogP contribution in [0.1, 0.15) is 0 Å². The molecule has 0 aromatic carbocycles. The summed E-state index contributed by atoms with van der Waals surface area (Å²) in [5, 5.41) is 9.89. The number of hydroxylamine groups is 2. The fourth-order valence-electron chi connectivity index (χ4n) is 1.15. The van der Waals surface area contributed by atoms with Crippen LogP contribution in [0.3, 0.4) is 0 Å². The van der Waals surface area contributed by atoms with Gasteiger partial charge in [-0.2, -0.15) is 18.2 Å². The first-order chi connectivity index (χ1) is 5.47. The molecule has 12 heavy (non-hydrogen) atoms. The second-order valence-corrected chi connectivity index (χ2v) is 2.84. The van der Waals surface area contributed by atoms with Crippen LogP contribution >= 0.6 is 0 Å². The van der Waals surface area contributed by atoms with Crippen molar-refractivity contribution < 1.29 is 18.4 Å². The quantitative estimate of drug-likeness (QED) is 0.644. The number of nitrogens with zero attached hydrogens (tertiary/aromatic N) is 2. The van der Waals surface area contributed by atoms with Crippen molar-refractivity contribution in [1.29, 1.82) is 0 Å².